The van der Waals surface area contributed by atoms with Crippen LogP contribution in [0.5, 0.6) is 0 Å². The predicted molar refractivity (Wildman–Crippen MR) is 106 cm³/mol. The zero-order valence-corrected chi connectivity index (χ0v) is 16.4. The molecule has 7 heteroatoms. The Labute approximate surface area is 158 Å². The standard InChI is InChI=1S/C20H25N5O2/c1-13-8-14(2)10-15(9-13)23-17(26)6-7-24-12-21-18-16(19(24)27)11-22-25(18)20(3,4)5/h8-12H,6-7H2,1-5H3,(H,23,26). The van der Waals surface area contributed by atoms with Crippen LogP contribution in [0.3, 0.4) is 0 Å². The number of benzene rings is 1. The molecule has 1 N–H and O–H groups in total. The molecule has 142 valence electrons. The van der Waals surface area contributed by atoms with Gasteiger partial charge < -0.3 is 5.32 Å². The van der Waals surface area contributed by atoms with Crippen LogP contribution in [0.25, 0.3) is 11.0 Å². The maximum Gasteiger partial charge on any atom is 0.264 e. The van der Waals surface area contributed by atoms with Gasteiger partial charge in [-0.25, -0.2) is 9.67 Å². The fraction of sp³-hybridized carbons (Fsp3) is 0.400. The summed E-state index contributed by atoms with van der Waals surface area (Å²) in [5.74, 6) is -0.141. The molecule has 3 rings (SSSR count). The van der Waals surface area contributed by atoms with E-state index in [1.807, 2.05) is 52.8 Å². The first-order valence-electron chi connectivity index (χ1n) is 8.97. The Hall–Kier alpha value is -2.96. The molecule has 0 radical (unpaired) electrons. The summed E-state index contributed by atoms with van der Waals surface area (Å²) in [5, 5.41) is 7.64. The van der Waals surface area contributed by atoms with Gasteiger partial charge in [-0.3, -0.25) is 14.2 Å². The van der Waals surface area contributed by atoms with Crippen LogP contribution < -0.4 is 10.9 Å². The van der Waals surface area contributed by atoms with Crippen molar-refractivity contribution in [2.75, 3.05) is 5.32 Å². The Bertz CT molecular complexity index is 1040. The maximum absolute atomic E-state index is 12.7. The number of carbonyl (C=O) groups excluding carboxylic acids is 1. The number of hydrogen-bond donors (Lipinski definition) is 1. The summed E-state index contributed by atoms with van der Waals surface area (Å²) in [5.41, 5.74) is 3.06. The molecule has 0 atom stereocenters. The largest absolute Gasteiger partial charge is 0.326 e. The van der Waals surface area contributed by atoms with Crippen molar-refractivity contribution in [3.05, 3.63) is 52.2 Å². The molecule has 7 nitrogen and oxygen atoms in total. The zero-order valence-electron chi connectivity index (χ0n) is 16.4. The molecule has 27 heavy (non-hydrogen) atoms. The maximum atomic E-state index is 12.7. The van der Waals surface area contributed by atoms with E-state index in [0.29, 0.717) is 11.0 Å². The minimum Gasteiger partial charge on any atom is -0.326 e. The lowest BCUT2D eigenvalue weighted by molar-refractivity contribution is -0.116. The van der Waals surface area contributed by atoms with Crippen molar-refractivity contribution in [2.24, 2.45) is 0 Å². The minimum atomic E-state index is -0.265. The third kappa shape index (κ3) is 4.07. The molecule has 0 spiro atoms. The highest BCUT2D eigenvalue weighted by molar-refractivity contribution is 5.90. The molecular formula is C20H25N5O2. The molecule has 3 aromatic rings. The predicted octanol–water partition coefficient (Wildman–Crippen LogP) is 2.99. The molecule has 1 aromatic carbocycles. The number of nitrogens with zero attached hydrogens (tertiary/aromatic N) is 4. The van der Waals surface area contributed by atoms with Gasteiger partial charge >= 0.3 is 0 Å². The molecule has 2 aromatic heterocycles. The fourth-order valence-electron chi connectivity index (χ4n) is 3.09. The van der Waals surface area contributed by atoms with E-state index in [1.54, 1.807) is 10.9 Å². The highest BCUT2D eigenvalue weighted by Gasteiger charge is 2.19. The van der Waals surface area contributed by atoms with E-state index in [4.69, 9.17) is 0 Å². The third-order valence-corrected chi connectivity index (χ3v) is 4.28. The number of carbonyl (C=O) groups is 1. The Morgan fingerprint density at radius 1 is 1.15 bits per heavy atom. The normalized spacial score (nSPS) is 11.7. The molecule has 2 heterocycles. The molecule has 0 bridgehead atoms. The van der Waals surface area contributed by atoms with Crippen LogP contribution in [0.4, 0.5) is 5.69 Å². The molecule has 1 amide bonds. The topological polar surface area (TPSA) is 81.8 Å². The number of amides is 1. The summed E-state index contributed by atoms with van der Waals surface area (Å²) in [6.45, 7) is 10.2. The van der Waals surface area contributed by atoms with Gasteiger partial charge in [0, 0.05) is 18.7 Å². The Morgan fingerprint density at radius 2 is 1.81 bits per heavy atom. The van der Waals surface area contributed by atoms with Crippen LogP contribution in [0.1, 0.15) is 38.3 Å². The monoisotopic (exact) mass is 367 g/mol. The van der Waals surface area contributed by atoms with Crippen molar-refractivity contribution < 1.29 is 4.79 Å². The van der Waals surface area contributed by atoms with E-state index >= 15 is 0 Å². The van der Waals surface area contributed by atoms with Crippen LogP contribution >= 0.6 is 0 Å². The second kappa shape index (κ2) is 6.98. The van der Waals surface area contributed by atoms with E-state index in [2.05, 4.69) is 15.4 Å². The highest BCUT2D eigenvalue weighted by atomic mass is 16.2. The van der Waals surface area contributed by atoms with Gasteiger partial charge in [0.05, 0.1) is 18.1 Å². The van der Waals surface area contributed by atoms with Crippen molar-refractivity contribution in [1.82, 2.24) is 19.3 Å². The number of nitrogens with one attached hydrogen (secondary N) is 1. The van der Waals surface area contributed by atoms with Gasteiger partial charge in [0.1, 0.15) is 5.39 Å². The number of fused-ring (bicyclic) bond motifs is 1. The van der Waals surface area contributed by atoms with Crippen molar-refractivity contribution in [3.63, 3.8) is 0 Å². The van der Waals surface area contributed by atoms with Gasteiger partial charge in [0.25, 0.3) is 5.56 Å². The first-order chi connectivity index (χ1) is 12.6. The Kier molecular flexibility index (Phi) is 4.87. The molecular weight excluding hydrogens is 342 g/mol. The number of anilines is 1. The van der Waals surface area contributed by atoms with Crippen molar-refractivity contribution in [3.8, 4) is 0 Å². The molecule has 0 fully saturated rings. The lowest BCUT2D eigenvalue weighted by Crippen LogP contribution is -2.26. The summed E-state index contributed by atoms with van der Waals surface area (Å²) in [6.07, 6.45) is 3.22. The number of aryl methyl sites for hydroxylation is 3. The summed E-state index contributed by atoms with van der Waals surface area (Å²) in [4.78, 5) is 29.3. The smallest absolute Gasteiger partial charge is 0.264 e. The van der Waals surface area contributed by atoms with E-state index in [1.165, 1.54) is 10.9 Å². The first kappa shape index (κ1) is 18.8. The van der Waals surface area contributed by atoms with Gasteiger partial charge in [-0.05, 0) is 57.9 Å². The molecule has 0 aliphatic heterocycles. The molecule has 0 saturated heterocycles. The number of aromatic nitrogens is 4. The zero-order chi connectivity index (χ0) is 19.8. The minimum absolute atomic E-state index is 0.141. The van der Waals surface area contributed by atoms with Crippen LogP contribution in [0.15, 0.2) is 35.5 Å². The molecule has 0 aliphatic carbocycles. The molecule has 0 unspecified atom stereocenters. The lowest BCUT2D eigenvalue weighted by atomic mass is 10.1. The quantitative estimate of drug-likeness (QED) is 0.768. The van der Waals surface area contributed by atoms with E-state index in [-0.39, 0.29) is 30.0 Å². The number of rotatable bonds is 4. The molecule has 0 saturated carbocycles. The average Bonchev–Trinajstić information content (AvgIpc) is 2.98. The Morgan fingerprint density at radius 3 is 2.44 bits per heavy atom. The lowest BCUT2D eigenvalue weighted by Gasteiger charge is -2.19. The summed E-state index contributed by atoms with van der Waals surface area (Å²) < 4.78 is 3.19. The average molecular weight is 367 g/mol. The third-order valence-electron chi connectivity index (χ3n) is 4.28. The van der Waals surface area contributed by atoms with Crippen molar-refractivity contribution in [2.45, 2.75) is 53.1 Å². The van der Waals surface area contributed by atoms with Crippen LogP contribution in [0.2, 0.25) is 0 Å². The van der Waals surface area contributed by atoms with E-state index in [9.17, 15) is 9.59 Å². The van der Waals surface area contributed by atoms with Gasteiger partial charge in [0.15, 0.2) is 5.65 Å². The second-order valence-corrected chi connectivity index (χ2v) is 7.88. The van der Waals surface area contributed by atoms with Gasteiger partial charge in [0.2, 0.25) is 5.91 Å². The van der Waals surface area contributed by atoms with Crippen LogP contribution in [0, 0.1) is 13.8 Å². The van der Waals surface area contributed by atoms with E-state index < -0.39 is 0 Å². The van der Waals surface area contributed by atoms with Gasteiger partial charge in [-0.15, -0.1) is 0 Å². The second-order valence-electron chi connectivity index (χ2n) is 7.88. The molecule has 0 aliphatic rings. The summed E-state index contributed by atoms with van der Waals surface area (Å²) in [6, 6.07) is 5.89. The number of hydrogen-bond acceptors (Lipinski definition) is 4. The van der Waals surface area contributed by atoms with Gasteiger partial charge in [-0.1, -0.05) is 6.07 Å². The van der Waals surface area contributed by atoms with Crippen molar-refractivity contribution in [1.29, 1.82) is 0 Å². The highest BCUT2D eigenvalue weighted by Crippen LogP contribution is 2.18. The van der Waals surface area contributed by atoms with E-state index in [0.717, 1.165) is 16.8 Å². The summed E-state index contributed by atoms with van der Waals surface area (Å²) in [7, 11) is 0. The van der Waals surface area contributed by atoms with Crippen LogP contribution in [-0.2, 0) is 16.9 Å². The Balaban J connectivity index is 1.74. The van der Waals surface area contributed by atoms with Gasteiger partial charge in [-0.2, -0.15) is 5.10 Å². The first-order valence-corrected chi connectivity index (χ1v) is 8.97. The van der Waals surface area contributed by atoms with Crippen LogP contribution in [-0.4, -0.2) is 25.2 Å². The fourth-order valence-corrected chi connectivity index (χ4v) is 3.09. The SMILES string of the molecule is Cc1cc(C)cc(NC(=O)CCn2cnc3c(cnn3C(C)(C)C)c2=O)c1. The van der Waals surface area contributed by atoms with Crippen molar-refractivity contribution >= 4 is 22.6 Å². The summed E-state index contributed by atoms with van der Waals surface area (Å²) >= 11 is 0.